The largest absolute Gasteiger partial charge is 0.399 e. The highest BCUT2D eigenvalue weighted by molar-refractivity contribution is 5.98. The van der Waals surface area contributed by atoms with Crippen molar-refractivity contribution < 1.29 is 33.4 Å². The predicted molar refractivity (Wildman–Crippen MR) is 193 cm³/mol. The number of nitrogens with zero attached hydrogens (tertiary/aromatic N) is 3. The molecule has 2 heterocycles. The number of hydrogen-bond donors (Lipinski definition) is 3. The van der Waals surface area contributed by atoms with E-state index in [9.17, 15) is 19.2 Å². The second-order valence-electron chi connectivity index (χ2n) is 14.2. The molecule has 2 saturated heterocycles. The lowest BCUT2D eigenvalue weighted by Gasteiger charge is -2.40. The number of hydrogen-bond acceptors (Lipinski definition) is 9. The van der Waals surface area contributed by atoms with Crippen molar-refractivity contribution in [3.63, 3.8) is 0 Å². The summed E-state index contributed by atoms with van der Waals surface area (Å²) in [5, 5.41) is 5.98. The van der Waals surface area contributed by atoms with Crippen LogP contribution in [0, 0.1) is 17.8 Å². The number of nitrogen functional groups attached to an aromatic ring is 1. The molecule has 2 aliphatic rings. The van der Waals surface area contributed by atoms with Crippen LogP contribution in [0.5, 0.6) is 0 Å². The second-order valence-corrected chi connectivity index (χ2v) is 14.2. The molecule has 1 aromatic carbocycles. The quantitative estimate of drug-likeness (QED) is 0.196. The van der Waals surface area contributed by atoms with Crippen LogP contribution in [0.4, 0.5) is 5.69 Å². The molecule has 50 heavy (non-hydrogen) atoms. The summed E-state index contributed by atoms with van der Waals surface area (Å²) in [6.45, 7) is 14.7. The van der Waals surface area contributed by atoms with E-state index in [-0.39, 0.29) is 47.9 Å². The Morgan fingerprint density at radius 2 is 1.68 bits per heavy atom. The fraction of sp³-hybridized carbons (Fsp3) is 0.730. The van der Waals surface area contributed by atoms with E-state index in [2.05, 4.69) is 15.5 Å². The summed E-state index contributed by atoms with van der Waals surface area (Å²) in [4.78, 5) is 60.2. The van der Waals surface area contributed by atoms with Gasteiger partial charge >= 0.3 is 0 Å². The molecule has 0 radical (unpaired) electrons. The average molecular weight is 703 g/mol. The maximum atomic E-state index is 14.1. The minimum absolute atomic E-state index is 0.00964. The topological polar surface area (TPSA) is 156 Å². The molecular weight excluding hydrogens is 640 g/mol. The Labute approximate surface area is 298 Å². The smallest absolute Gasteiger partial charge is 0.251 e. The van der Waals surface area contributed by atoms with Crippen LogP contribution in [0.3, 0.4) is 0 Å². The second kappa shape index (κ2) is 20.0. The number of nitrogens with two attached hydrogens (primary N) is 1. The number of carbonyl (C=O) groups is 4. The van der Waals surface area contributed by atoms with E-state index in [1.54, 1.807) is 50.4 Å². The van der Waals surface area contributed by atoms with Crippen LogP contribution in [-0.4, -0.2) is 136 Å². The lowest BCUT2D eigenvalue weighted by Crippen LogP contribution is -2.57. The average Bonchev–Trinajstić information content (AvgIpc) is 3.60. The number of morpholine rings is 1. The third-order valence-corrected chi connectivity index (χ3v) is 10.5. The molecule has 282 valence electrons. The highest BCUT2D eigenvalue weighted by Crippen LogP contribution is 2.29. The fourth-order valence-corrected chi connectivity index (χ4v) is 7.22. The SMILES string of the molecule is CC[C@H](C)[C@@H]([C@@H](CC(=O)N1CCCC1[C@H](OC)[C@@H](C)C(=O)NCCN1CCOCC1)OC)N(C)C(=O)C(NC(=O)c1ccc(N)cc1)C(C)C. The number of carbonyl (C=O) groups excluding carboxylic acids is 4. The van der Waals surface area contributed by atoms with Crippen molar-refractivity contribution in [1.29, 1.82) is 0 Å². The summed E-state index contributed by atoms with van der Waals surface area (Å²) in [5.41, 5.74) is 6.74. The van der Waals surface area contributed by atoms with Gasteiger partial charge in [0.2, 0.25) is 17.7 Å². The van der Waals surface area contributed by atoms with E-state index in [1.807, 2.05) is 39.5 Å². The number of likely N-dealkylation sites (tertiary alicyclic amines) is 1. The monoisotopic (exact) mass is 702 g/mol. The minimum atomic E-state index is -0.795. The standard InChI is InChI=1S/C37H62N6O7/c1-9-25(4)33(41(6)37(47)32(24(2)3)40-36(46)27-12-14-28(38)15-13-27)30(48-7)23-31(44)43-17-10-11-29(43)34(49-8)26(5)35(45)39-16-18-42-19-21-50-22-20-42/h12-15,24-26,29-30,32-34H,9-11,16-23,38H2,1-8H3,(H,39,45)(H,40,46)/t25-,26+,29?,30+,32?,33-,34+/m0/s1. The molecule has 4 N–H and O–H groups in total. The van der Waals surface area contributed by atoms with Gasteiger partial charge in [-0.3, -0.25) is 24.1 Å². The van der Waals surface area contributed by atoms with E-state index < -0.39 is 30.2 Å². The Morgan fingerprint density at radius 1 is 1.02 bits per heavy atom. The molecule has 0 bridgehead atoms. The Balaban J connectivity index is 1.70. The van der Waals surface area contributed by atoms with Gasteiger partial charge in [-0.2, -0.15) is 0 Å². The normalized spacial score (nSPS) is 20.4. The summed E-state index contributed by atoms with van der Waals surface area (Å²) < 4.78 is 17.3. The molecule has 0 aliphatic carbocycles. The lowest BCUT2D eigenvalue weighted by atomic mass is 9.89. The molecule has 0 aromatic heterocycles. The van der Waals surface area contributed by atoms with Gasteiger partial charge in [-0.15, -0.1) is 0 Å². The summed E-state index contributed by atoms with van der Waals surface area (Å²) in [6.07, 6.45) is 1.25. The number of methoxy groups -OCH3 is 2. The van der Waals surface area contributed by atoms with Gasteiger partial charge in [0.25, 0.3) is 5.91 Å². The number of ether oxygens (including phenoxy) is 3. The van der Waals surface area contributed by atoms with Crippen LogP contribution >= 0.6 is 0 Å². The molecular formula is C37H62N6O7. The first-order valence-electron chi connectivity index (χ1n) is 18.2. The van der Waals surface area contributed by atoms with Crippen molar-refractivity contribution >= 4 is 29.3 Å². The number of amides is 4. The molecule has 2 aliphatic heterocycles. The van der Waals surface area contributed by atoms with Crippen molar-refractivity contribution in [2.75, 3.05) is 72.9 Å². The van der Waals surface area contributed by atoms with Crippen LogP contribution in [0.25, 0.3) is 0 Å². The number of anilines is 1. The Hall–Kier alpha value is -3.26. The first-order chi connectivity index (χ1) is 23.8. The van der Waals surface area contributed by atoms with Gasteiger partial charge in [-0.1, -0.05) is 41.0 Å². The fourth-order valence-electron chi connectivity index (χ4n) is 7.22. The molecule has 1 aromatic rings. The zero-order chi connectivity index (χ0) is 37.0. The third-order valence-electron chi connectivity index (χ3n) is 10.5. The Kier molecular flexibility index (Phi) is 16.4. The first-order valence-corrected chi connectivity index (χ1v) is 18.2. The predicted octanol–water partition coefficient (Wildman–Crippen LogP) is 2.39. The lowest BCUT2D eigenvalue weighted by molar-refractivity contribution is -0.146. The molecule has 2 fully saturated rings. The molecule has 13 heteroatoms. The molecule has 13 nitrogen and oxygen atoms in total. The van der Waals surface area contributed by atoms with Gasteiger partial charge in [0.05, 0.1) is 49.8 Å². The van der Waals surface area contributed by atoms with Crippen molar-refractivity contribution in [3.8, 4) is 0 Å². The maximum Gasteiger partial charge on any atom is 0.251 e. The summed E-state index contributed by atoms with van der Waals surface area (Å²) in [5.74, 6) is -1.49. The number of rotatable bonds is 18. The highest BCUT2D eigenvalue weighted by Gasteiger charge is 2.42. The molecule has 7 atom stereocenters. The van der Waals surface area contributed by atoms with Crippen LogP contribution in [0.1, 0.15) is 70.7 Å². The maximum absolute atomic E-state index is 14.1. The van der Waals surface area contributed by atoms with Gasteiger partial charge in [-0.05, 0) is 48.9 Å². The summed E-state index contributed by atoms with van der Waals surface area (Å²) >= 11 is 0. The van der Waals surface area contributed by atoms with Crippen molar-refractivity contribution in [2.45, 2.75) is 90.6 Å². The van der Waals surface area contributed by atoms with Gasteiger partial charge in [0, 0.05) is 65.2 Å². The molecule has 0 spiro atoms. The molecule has 4 amide bonds. The zero-order valence-corrected chi connectivity index (χ0v) is 31.5. The van der Waals surface area contributed by atoms with E-state index in [1.165, 1.54) is 0 Å². The molecule has 3 rings (SSSR count). The zero-order valence-electron chi connectivity index (χ0n) is 31.5. The van der Waals surface area contributed by atoms with Gasteiger partial charge in [-0.25, -0.2) is 0 Å². The number of nitrogens with one attached hydrogen (secondary N) is 2. The van der Waals surface area contributed by atoms with E-state index >= 15 is 0 Å². The highest BCUT2D eigenvalue weighted by atomic mass is 16.5. The van der Waals surface area contributed by atoms with Crippen molar-refractivity contribution in [1.82, 2.24) is 25.3 Å². The molecule has 2 unspecified atom stereocenters. The van der Waals surface area contributed by atoms with Crippen LogP contribution in [-0.2, 0) is 28.6 Å². The van der Waals surface area contributed by atoms with Crippen LogP contribution in [0.15, 0.2) is 24.3 Å². The Bertz CT molecular complexity index is 1240. The number of benzene rings is 1. The van der Waals surface area contributed by atoms with Gasteiger partial charge in [0.1, 0.15) is 6.04 Å². The molecule has 0 saturated carbocycles. The third kappa shape index (κ3) is 10.9. The minimum Gasteiger partial charge on any atom is -0.399 e. The first kappa shape index (κ1) is 41.2. The van der Waals surface area contributed by atoms with E-state index in [0.717, 1.165) is 38.9 Å². The van der Waals surface area contributed by atoms with Crippen LogP contribution in [0.2, 0.25) is 0 Å². The van der Waals surface area contributed by atoms with Gasteiger partial charge in [0.15, 0.2) is 0 Å². The van der Waals surface area contributed by atoms with E-state index in [0.29, 0.717) is 37.6 Å². The van der Waals surface area contributed by atoms with Crippen molar-refractivity contribution in [2.24, 2.45) is 17.8 Å². The van der Waals surface area contributed by atoms with E-state index in [4.69, 9.17) is 19.9 Å². The number of likely N-dealkylation sites (N-methyl/N-ethyl adjacent to an activating group) is 1. The van der Waals surface area contributed by atoms with Crippen LogP contribution < -0.4 is 16.4 Å². The summed E-state index contributed by atoms with van der Waals surface area (Å²) in [6, 6.07) is 5.06. The Morgan fingerprint density at radius 3 is 2.26 bits per heavy atom. The van der Waals surface area contributed by atoms with Crippen molar-refractivity contribution in [3.05, 3.63) is 29.8 Å². The summed E-state index contributed by atoms with van der Waals surface area (Å²) in [7, 11) is 4.88. The van der Waals surface area contributed by atoms with Gasteiger partial charge < -0.3 is 40.4 Å².